The normalized spacial score (nSPS) is 14.0. The van der Waals surface area contributed by atoms with Crippen molar-refractivity contribution >= 4 is 5.91 Å². The Bertz CT molecular complexity index is 432. The summed E-state index contributed by atoms with van der Waals surface area (Å²) in [5.41, 5.74) is -1.15. The first-order valence-electron chi connectivity index (χ1n) is 5.85. The van der Waals surface area contributed by atoms with Gasteiger partial charge in [-0.2, -0.15) is 0 Å². The Labute approximate surface area is 105 Å². The highest BCUT2D eigenvalue weighted by Crippen LogP contribution is 2.15. The molecule has 0 saturated heterocycles. The number of halogens is 1. The Morgan fingerprint density at radius 1 is 1.50 bits per heavy atom. The molecule has 4 nitrogen and oxygen atoms in total. The summed E-state index contributed by atoms with van der Waals surface area (Å²) in [6.07, 6.45) is 1.34. The van der Waals surface area contributed by atoms with Gasteiger partial charge in [-0.15, -0.1) is 0 Å². The van der Waals surface area contributed by atoms with Gasteiger partial charge in [0.2, 0.25) is 0 Å². The SMILES string of the molecule is CCCC(C)(O)CNC(=O)c1ccc(O)cc1F. The Hall–Kier alpha value is -1.62. The molecular weight excluding hydrogens is 237 g/mol. The lowest BCUT2D eigenvalue weighted by atomic mass is 10.0. The molecule has 0 saturated carbocycles. The van der Waals surface area contributed by atoms with E-state index in [0.717, 1.165) is 12.5 Å². The van der Waals surface area contributed by atoms with Crippen molar-refractivity contribution in [3.8, 4) is 5.75 Å². The molecule has 1 aromatic carbocycles. The van der Waals surface area contributed by atoms with Crippen molar-refractivity contribution in [1.82, 2.24) is 5.32 Å². The van der Waals surface area contributed by atoms with Gasteiger partial charge in [0.15, 0.2) is 0 Å². The summed E-state index contributed by atoms with van der Waals surface area (Å²) in [5, 5.41) is 21.4. The van der Waals surface area contributed by atoms with E-state index in [0.29, 0.717) is 6.42 Å². The molecule has 3 N–H and O–H groups in total. The van der Waals surface area contributed by atoms with Crippen LogP contribution in [0.5, 0.6) is 5.75 Å². The number of hydrogen-bond acceptors (Lipinski definition) is 3. The van der Waals surface area contributed by atoms with Gasteiger partial charge in [-0.1, -0.05) is 13.3 Å². The first-order chi connectivity index (χ1) is 8.35. The van der Waals surface area contributed by atoms with E-state index in [9.17, 15) is 14.3 Å². The topological polar surface area (TPSA) is 69.6 Å². The van der Waals surface area contributed by atoms with Crippen molar-refractivity contribution in [1.29, 1.82) is 0 Å². The number of nitrogens with one attached hydrogen (secondary N) is 1. The fraction of sp³-hybridized carbons (Fsp3) is 0.462. The molecule has 100 valence electrons. The second-order valence-corrected chi connectivity index (χ2v) is 4.59. The second kappa shape index (κ2) is 5.82. The number of benzene rings is 1. The average molecular weight is 255 g/mol. The fourth-order valence-electron chi connectivity index (χ4n) is 1.68. The van der Waals surface area contributed by atoms with Gasteiger partial charge in [0.05, 0.1) is 11.2 Å². The summed E-state index contributed by atoms with van der Waals surface area (Å²) in [6.45, 7) is 3.60. The van der Waals surface area contributed by atoms with Gasteiger partial charge < -0.3 is 15.5 Å². The van der Waals surface area contributed by atoms with E-state index >= 15 is 0 Å². The van der Waals surface area contributed by atoms with Gasteiger partial charge in [-0.3, -0.25) is 4.79 Å². The minimum absolute atomic E-state index is 0.0555. The molecule has 0 aliphatic rings. The van der Waals surface area contributed by atoms with Crippen molar-refractivity contribution in [3.63, 3.8) is 0 Å². The third kappa shape index (κ3) is 4.00. The van der Waals surface area contributed by atoms with Crippen LogP contribution in [0, 0.1) is 5.82 Å². The number of phenols is 1. The summed E-state index contributed by atoms with van der Waals surface area (Å²) >= 11 is 0. The second-order valence-electron chi connectivity index (χ2n) is 4.59. The Kier molecular flexibility index (Phi) is 4.67. The molecule has 0 heterocycles. The third-order valence-corrected chi connectivity index (χ3v) is 2.62. The molecule has 1 rings (SSSR count). The van der Waals surface area contributed by atoms with Crippen LogP contribution in [0.4, 0.5) is 4.39 Å². The first-order valence-corrected chi connectivity index (χ1v) is 5.85. The van der Waals surface area contributed by atoms with Crippen molar-refractivity contribution in [2.75, 3.05) is 6.54 Å². The quantitative estimate of drug-likeness (QED) is 0.751. The van der Waals surface area contributed by atoms with Crippen LogP contribution in [0.1, 0.15) is 37.0 Å². The van der Waals surface area contributed by atoms with Crippen LogP contribution in [0.25, 0.3) is 0 Å². The summed E-state index contributed by atoms with van der Waals surface area (Å²) in [7, 11) is 0. The van der Waals surface area contributed by atoms with Crippen molar-refractivity contribution in [3.05, 3.63) is 29.6 Å². The molecule has 1 amide bonds. The highest BCUT2D eigenvalue weighted by molar-refractivity contribution is 5.94. The molecule has 0 spiro atoms. The molecule has 1 unspecified atom stereocenters. The van der Waals surface area contributed by atoms with Gasteiger partial charge >= 0.3 is 0 Å². The fourth-order valence-corrected chi connectivity index (χ4v) is 1.68. The molecular formula is C13H18FNO3. The Balaban J connectivity index is 2.66. The maximum atomic E-state index is 13.4. The summed E-state index contributed by atoms with van der Waals surface area (Å²) in [4.78, 5) is 11.7. The predicted octanol–water partition coefficient (Wildman–Crippen LogP) is 1.81. The number of amides is 1. The molecule has 1 atom stereocenters. The van der Waals surface area contributed by atoms with Crippen LogP contribution in [0.15, 0.2) is 18.2 Å². The molecule has 0 aliphatic carbocycles. The zero-order valence-corrected chi connectivity index (χ0v) is 10.5. The van der Waals surface area contributed by atoms with Crippen LogP contribution in [0.2, 0.25) is 0 Å². The number of rotatable bonds is 5. The number of carbonyl (C=O) groups excluding carboxylic acids is 1. The van der Waals surface area contributed by atoms with E-state index in [-0.39, 0.29) is 17.9 Å². The Morgan fingerprint density at radius 3 is 2.72 bits per heavy atom. The van der Waals surface area contributed by atoms with E-state index in [1.807, 2.05) is 6.92 Å². The molecule has 1 aromatic rings. The molecule has 18 heavy (non-hydrogen) atoms. The van der Waals surface area contributed by atoms with E-state index in [1.165, 1.54) is 12.1 Å². The van der Waals surface area contributed by atoms with Crippen LogP contribution in [-0.4, -0.2) is 28.3 Å². The van der Waals surface area contributed by atoms with Gasteiger partial charge in [-0.05, 0) is 25.5 Å². The van der Waals surface area contributed by atoms with E-state index in [4.69, 9.17) is 5.11 Å². The van der Waals surface area contributed by atoms with Gasteiger partial charge in [0, 0.05) is 12.6 Å². The van der Waals surface area contributed by atoms with Gasteiger partial charge in [-0.25, -0.2) is 4.39 Å². The van der Waals surface area contributed by atoms with Crippen LogP contribution >= 0.6 is 0 Å². The smallest absolute Gasteiger partial charge is 0.254 e. The largest absolute Gasteiger partial charge is 0.508 e. The number of hydrogen-bond donors (Lipinski definition) is 3. The van der Waals surface area contributed by atoms with E-state index in [1.54, 1.807) is 6.92 Å². The Morgan fingerprint density at radius 2 is 2.17 bits per heavy atom. The predicted molar refractivity (Wildman–Crippen MR) is 65.9 cm³/mol. The first kappa shape index (κ1) is 14.4. The van der Waals surface area contributed by atoms with Crippen LogP contribution in [0.3, 0.4) is 0 Å². The third-order valence-electron chi connectivity index (χ3n) is 2.62. The molecule has 0 radical (unpaired) electrons. The van der Waals surface area contributed by atoms with Crippen LogP contribution < -0.4 is 5.32 Å². The highest BCUT2D eigenvalue weighted by Gasteiger charge is 2.21. The minimum Gasteiger partial charge on any atom is -0.508 e. The summed E-state index contributed by atoms with van der Waals surface area (Å²) in [6, 6.07) is 3.32. The van der Waals surface area contributed by atoms with E-state index < -0.39 is 17.3 Å². The summed E-state index contributed by atoms with van der Waals surface area (Å²) < 4.78 is 13.4. The van der Waals surface area contributed by atoms with Crippen molar-refractivity contribution in [2.45, 2.75) is 32.3 Å². The van der Waals surface area contributed by atoms with Gasteiger partial charge in [0.1, 0.15) is 11.6 Å². The molecule has 0 fully saturated rings. The maximum Gasteiger partial charge on any atom is 0.254 e. The number of carbonyl (C=O) groups is 1. The molecule has 0 aromatic heterocycles. The monoisotopic (exact) mass is 255 g/mol. The maximum absolute atomic E-state index is 13.4. The van der Waals surface area contributed by atoms with Gasteiger partial charge in [0.25, 0.3) is 5.91 Å². The zero-order valence-electron chi connectivity index (χ0n) is 10.5. The number of phenolic OH excluding ortho intramolecular Hbond substituents is 1. The number of aliphatic hydroxyl groups is 1. The lowest BCUT2D eigenvalue weighted by Gasteiger charge is -2.22. The average Bonchev–Trinajstić information content (AvgIpc) is 2.26. The summed E-state index contributed by atoms with van der Waals surface area (Å²) in [5.74, 6) is -1.63. The highest BCUT2D eigenvalue weighted by atomic mass is 19.1. The van der Waals surface area contributed by atoms with Crippen molar-refractivity contribution in [2.24, 2.45) is 0 Å². The molecule has 5 heteroatoms. The molecule has 0 aliphatic heterocycles. The van der Waals surface area contributed by atoms with Crippen LogP contribution in [-0.2, 0) is 0 Å². The lowest BCUT2D eigenvalue weighted by Crippen LogP contribution is -2.40. The van der Waals surface area contributed by atoms with Crippen molar-refractivity contribution < 1.29 is 19.4 Å². The number of aromatic hydroxyl groups is 1. The lowest BCUT2D eigenvalue weighted by molar-refractivity contribution is 0.0468. The molecule has 0 bridgehead atoms. The zero-order chi connectivity index (χ0) is 13.8. The van der Waals surface area contributed by atoms with E-state index in [2.05, 4.69) is 5.32 Å². The minimum atomic E-state index is -1.00. The standard InChI is InChI=1S/C13H18FNO3/c1-3-6-13(2,18)8-15-12(17)10-5-4-9(16)7-11(10)14/h4-5,7,16,18H,3,6,8H2,1-2H3,(H,15,17).